The smallest absolute Gasteiger partial charge is 0.306 e. The van der Waals surface area contributed by atoms with Gasteiger partial charge in [0.05, 0.1) is 0 Å². The summed E-state index contributed by atoms with van der Waals surface area (Å²) in [5.74, 6) is -0.867. The Hall–Kier alpha value is -2.37. The minimum absolute atomic E-state index is 0.0741. The molecule has 0 fully saturated rings. The zero-order valence-electron chi connectivity index (χ0n) is 55.5. The van der Waals surface area contributed by atoms with E-state index in [0.717, 1.165) is 83.5 Å². The standard InChI is InChI=1S/C76H142O6/c1-4-7-10-13-16-19-22-25-27-29-31-32-33-34-35-36-37-38-39-40-41-42-43-44-45-47-48-51-54-57-60-63-66-69-75(78)81-72-73(71-80-74(77)68-65-62-59-56-53-50-24-21-18-15-12-9-6-3)82-76(79)70-67-64-61-58-55-52-49-46-30-28-26-23-20-17-14-11-8-5-2/h12,15,21,24,28,30,73H,4-11,13-14,16-20,22-23,25-27,29,31-72H2,1-3H3/b15-12-,24-21-,30-28-. The number of unbranched alkanes of at least 4 members (excludes halogenated alkanes) is 52. The quantitative estimate of drug-likeness (QED) is 0.0261. The molecule has 1 atom stereocenters. The highest BCUT2D eigenvalue weighted by molar-refractivity contribution is 5.71. The number of esters is 3. The van der Waals surface area contributed by atoms with Crippen molar-refractivity contribution < 1.29 is 28.6 Å². The Bertz CT molecular complexity index is 1370. The molecule has 6 nitrogen and oxygen atoms in total. The third-order valence-corrected chi connectivity index (χ3v) is 16.8. The van der Waals surface area contributed by atoms with Crippen molar-refractivity contribution in [2.75, 3.05) is 13.2 Å². The number of carbonyl (C=O) groups is 3. The van der Waals surface area contributed by atoms with E-state index in [1.54, 1.807) is 0 Å². The molecule has 0 N–H and O–H groups in total. The van der Waals surface area contributed by atoms with Crippen molar-refractivity contribution in [3.8, 4) is 0 Å². The summed E-state index contributed by atoms with van der Waals surface area (Å²) >= 11 is 0. The summed E-state index contributed by atoms with van der Waals surface area (Å²) in [4.78, 5) is 38.4. The first-order chi connectivity index (χ1) is 40.5. The molecule has 0 radical (unpaired) electrons. The number of rotatable bonds is 69. The summed E-state index contributed by atoms with van der Waals surface area (Å²) in [6.45, 7) is 6.63. The fraction of sp³-hybridized carbons (Fsp3) is 0.882. The number of allylic oxidation sites excluding steroid dienone is 6. The average Bonchev–Trinajstić information content (AvgIpc) is 3.47. The predicted molar refractivity (Wildman–Crippen MR) is 358 cm³/mol. The van der Waals surface area contributed by atoms with Gasteiger partial charge in [-0.15, -0.1) is 0 Å². The molecule has 0 rings (SSSR count). The van der Waals surface area contributed by atoms with E-state index >= 15 is 0 Å². The lowest BCUT2D eigenvalue weighted by Gasteiger charge is -2.18. The Morgan fingerprint density at radius 3 is 0.732 bits per heavy atom. The molecule has 0 aliphatic heterocycles. The Morgan fingerprint density at radius 1 is 0.244 bits per heavy atom. The summed E-state index contributed by atoms with van der Waals surface area (Å²) in [6, 6.07) is 0. The van der Waals surface area contributed by atoms with Gasteiger partial charge in [-0.25, -0.2) is 0 Å². The van der Waals surface area contributed by atoms with E-state index in [1.165, 1.54) is 289 Å². The highest BCUT2D eigenvalue weighted by atomic mass is 16.6. The largest absolute Gasteiger partial charge is 0.462 e. The van der Waals surface area contributed by atoms with E-state index in [4.69, 9.17) is 14.2 Å². The van der Waals surface area contributed by atoms with Crippen LogP contribution in [0.1, 0.15) is 412 Å². The molecule has 0 aromatic carbocycles. The van der Waals surface area contributed by atoms with Gasteiger partial charge in [-0.05, 0) is 70.6 Å². The van der Waals surface area contributed by atoms with Crippen LogP contribution in [-0.4, -0.2) is 37.2 Å². The van der Waals surface area contributed by atoms with Gasteiger partial charge in [-0.1, -0.05) is 359 Å². The van der Waals surface area contributed by atoms with Crippen molar-refractivity contribution >= 4 is 17.9 Å². The Labute approximate surface area is 512 Å². The topological polar surface area (TPSA) is 78.9 Å². The van der Waals surface area contributed by atoms with Crippen molar-refractivity contribution in [1.82, 2.24) is 0 Å². The second-order valence-electron chi connectivity index (χ2n) is 25.2. The van der Waals surface area contributed by atoms with Crippen molar-refractivity contribution in [3.05, 3.63) is 36.5 Å². The third-order valence-electron chi connectivity index (χ3n) is 16.8. The molecule has 0 amide bonds. The number of hydrogen-bond donors (Lipinski definition) is 0. The van der Waals surface area contributed by atoms with Crippen LogP contribution in [0.2, 0.25) is 0 Å². The first-order valence-corrected chi connectivity index (χ1v) is 37.0. The van der Waals surface area contributed by atoms with Crippen LogP contribution in [0.5, 0.6) is 0 Å². The molecule has 0 aliphatic rings. The zero-order chi connectivity index (χ0) is 59.2. The maximum absolute atomic E-state index is 12.9. The molecule has 0 heterocycles. The van der Waals surface area contributed by atoms with E-state index < -0.39 is 6.10 Å². The SMILES string of the molecule is CCC/C=C\C/C=C\CCCCCCCC(=O)OCC(COC(=O)CCCCCCCCCCCCCCCCCCCCCCCCCCCCCCCCCCC)OC(=O)CCCCCCCCC/C=C\CCCCCCCCC. The first-order valence-electron chi connectivity index (χ1n) is 37.0. The van der Waals surface area contributed by atoms with Crippen LogP contribution in [0.3, 0.4) is 0 Å². The van der Waals surface area contributed by atoms with Crippen LogP contribution < -0.4 is 0 Å². The molecular weight excluding hydrogens is 1010 g/mol. The second-order valence-corrected chi connectivity index (χ2v) is 25.2. The van der Waals surface area contributed by atoms with Crippen molar-refractivity contribution in [2.24, 2.45) is 0 Å². The molecule has 1 unspecified atom stereocenters. The third kappa shape index (κ3) is 68.4. The van der Waals surface area contributed by atoms with Crippen LogP contribution in [0.4, 0.5) is 0 Å². The van der Waals surface area contributed by atoms with Gasteiger partial charge in [0.15, 0.2) is 6.10 Å². The van der Waals surface area contributed by atoms with Gasteiger partial charge in [0.2, 0.25) is 0 Å². The summed E-state index contributed by atoms with van der Waals surface area (Å²) in [5, 5.41) is 0. The highest BCUT2D eigenvalue weighted by Gasteiger charge is 2.19. The van der Waals surface area contributed by atoms with Crippen LogP contribution >= 0.6 is 0 Å². The van der Waals surface area contributed by atoms with Gasteiger partial charge in [0, 0.05) is 19.3 Å². The van der Waals surface area contributed by atoms with Gasteiger partial charge in [-0.3, -0.25) is 14.4 Å². The van der Waals surface area contributed by atoms with E-state index in [2.05, 4.69) is 57.2 Å². The van der Waals surface area contributed by atoms with E-state index in [1.807, 2.05) is 0 Å². The Kier molecular flexibility index (Phi) is 69.1. The molecule has 0 spiro atoms. The van der Waals surface area contributed by atoms with Crippen molar-refractivity contribution in [1.29, 1.82) is 0 Å². The van der Waals surface area contributed by atoms with Gasteiger partial charge < -0.3 is 14.2 Å². The first kappa shape index (κ1) is 79.6. The fourth-order valence-electron chi connectivity index (χ4n) is 11.3. The number of ether oxygens (including phenoxy) is 3. The lowest BCUT2D eigenvalue weighted by Crippen LogP contribution is -2.30. The van der Waals surface area contributed by atoms with E-state index in [9.17, 15) is 14.4 Å². The fourth-order valence-corrected chi connectivity index (χ4v) is 11.3. The minimum atomic E-state index is -0.779. The van der Waals surface area contributed by atoms with Gasteiger partial charge in [-0.2, -0.15) is 0 Å². The summed E-state index contributed by atoms with van der Waals surface area (Å²) in [6.07, 6.45) is 89.2. The van der Waals surface area contributed by atoms with Gasteiger partial charge in [0.25, 0.3) is 0 Å². The van der Waals surface area contributed by atoms with Gasteiger partial charge >= 0.3 is 17.9 Å². The predicted octanol–water partition coefficient (Wildman–Crippen LogP) is 25.5. The summed E-state index contributed by atoms with van der Waals surface area (Å²) in [7, 11) is 0. The molecule has 82 heavy (non-hydrogen) atoms. The van der Waals surface area contributed by atoms with Gasteiger partial charge in [0.1, 0.15) is 13.2 Å². The van der Waals surface area contributed by atoms with E-state index in [-0.39, 0.29) is 31.1 Å². The average molecular weight is 1150 g/mol. The number of carbonyl (C=O) groups excluding carboxylic acids is 3. The maximum atomic E-state index is 12.9. The van der Waals surface area contributed by atoms with E-state index in [0.29, 0.717) is 19.3 Å². The van der Waals surface area contributed by atoms with Crippen LogP contribution in [0, 0.1) is 0 Å². The Morgan fingerprint density at radius 2 is 0.463 bits per heavy atom. The Balaban J connectivity index is 4.10. The molecule has 0 saturated carbocycles. The molecule has 0 aromatic rings. The normalized spacial score (nSPS) is 12.2. The van der Waals surface area contributed by atoms with Crippen molar-refractivity contribution in [3.63, 3.8) is 0 Å². The molecule has 0 saturated heterocycles. The zero-order valence-corrected chi connectivity index (χ0v) is 55.5. The molecule has 0 aromatic heterocycles. The monoisotopic (exact) mass is 1150 g/mol. The molecule has 0 bridgehead atoms. The minimum Gasteiger partial charge on any atom is -0.462 e. The molecule has 482 valence electrons. The lowest BCUT2D eigenvalue weighted by molar-refractivity contribution is -0.167. The van der Waals surface area contributed by atoms with Crippen LogP contribution in [0.25, 0.3) is 0 Å². The number of hydrogen-bond acceptors (Lipinski definition) is 6. The van der Waals surface area contributed by atoms with Crippen LogP contribution in [0.15, 0.2) is 36.5 Å². The molecule has 6 heteroatoms. The lowest BCUT2D eigenvalue weighted by atomic mass is 10.0. The highest BCUT2D eigenvalue weighted by Crippen LogP contribution is 2.19. The summed E-state index contributed by atoms with van der Waals surface area (Å²) in [5.41, 5.74) is 0. The molecule has 0 aliphatic carbocycles. The van der Waals surface area contributed by atoms with Crippen LogP contribution in [-0.2, 0) is 28.6 Å². The maximum Gasteiger partial charge on any atom is 0.306 e. The van der Waals surface area contributed by atoms with Crippen molar-refractivity contribution in [2.45, 2.75) is 419 Å². The molecular formula is C76H142O6. The summed E-state index contributed by atoms with van der Waals surface area (Å²) < 4.78 is 17.0. The second kappa shape index (κ2) is 71.1.